The molecule has 0 spiro atoms. The fraction of sp³-hybridized carbons (Fsp3) is 0.941. The van der Waals surface area contributed by atoms with Crippen LogP contribution in [0.3, 0.4) is 0 Å². The summed E-state index contributed by atoms with van der Waals surface area (Å²) in [4.78, 5) is 13.7. The van der Waals surface area contributed by atoms with Gasteiger partial charge in [0.05, 0.1) is 0 Å². The first-order valence-electron chi connectivity index (χ1n) is 8.52. The number of carbonyl (C=O) groups is 1. The van der Waals surface area contributed by atoms with E-state index in [4.69, 9.17) is 4.74 Å². The maximum atomic E-state index is 11.8. The number of nitrogens with zero attached hydrogens (tertiary/aromatic N) is 1. The second kappa shape index (κ2) is 14.8. The van der Waals surface area contributed by atoms with E-state index < -0.39 is 0 Å². The Labute approximate surface area is 126 Å². The molecule has 3 heteroatoms. The van der Waals surface area contributed by atoms with Crippen LogP contribution in [0.4, 0.5) is 0 Å². The first kappa shape index (κ1) is 19.4. The van der Waals surface area contributed by atoms with Crippen molar-refractivity contribution in [1.29, 1.82) is 0 Å². The molecule has 0 atom stereocenters. The third-order valence-electron chi connectivity index (χ3n) is 3.86. The topological polar surface area (TPSA) is 29.5 Å². The molecule has 3 nitrogen and oxygen atoms in total. The maximum Gasteiger partial charge on any atom is 0.222 e. The number of hydrogen-bond donors (Lipinski definition) is 0. The Morgan fingerprint density at radius 2 is 1.25 bits per heavy atom. The normalized spacial score (nSPS) is 10.8. The summed E-state index contributed by atoms with van der Waals surface area (Å²) in [6.45, 7) is 6.69. The minimum absolute atomic E-state index is 0.327. The highest BCUT2D eigenvalue weighted by molar-refractivity contribution is 5.75. The third kappa shape index (κ3) is 11.3. The van der Waals surface area contributed by atoms with Crippen LogP contribution in [-0.4, -0.2) is 37.6 Å². The van der Waals surface area contributed by atoms with E-state index in [9.17, 15) is 4.79 Å². The first-order valence-corrected chi connectivity index (χ1v) is 8.52. The molecule has 0 unspecified atom stereocenters. The summed E-state index contributed by atoms with van der Waals surface area (Å²) in [5.41, 5.74) is 0. The zero-order valence-corrected chi connectivity index (χ0v) is 14.0. The Morgan fingerprint density at radius 1 is 0.800 bits per heavy atom. The average molecular weight is 285 g/mol. The smallest absolute Gasteiger partial charge is 0.222 e. The van der Waals surface area contributed by atoms with Gasteiger partial charge < -0.3 is 9.64 Å². The SMILES string of the molecule is CCN(CC)C(=O)CCCCCCCCCCCOC. The van der Waals surface area contributed by atoms with Crippen LogP contribution in [0.2, 0.25) is 0 Å². The van der Waals surface area contributed by atoms with Gasteiger partial charge >= 0.3 is 0 Å². The molecule has 0 bridgehead atoms. The van der Waals surface area contributed by atoms with E-state index in [1.807, 2.05) is 18.7 Å². The van der Waals surface area contributed by atoms with Crippen LogP contribution in [0.5, 0.6) is 0 Å². The van der Waals surface area contributed by atoms with Crippen molar-refractivity contribution in [3.8, 4) is 0 Å². The van der Waals surface area contributed by atoms with Crippen LogP contribution in [0.25, 0.3) is 0 Å². The van der Waals surface area contributed by atoms with Crippen molar-refractivity contribution >= 4 is 5.91 Å². The van der Waals surface area contributed by atoms with Gasteiger partial charge in [-0.1, -0.05) is 44.9 Å². The number of carbonyl (C=O) groups excluding carboxylic acids is 1. The van der Waals surface area contributed by atoms with Crippen LogP contribution in [-0.2, 0) is 9.53 Å². The molecule has 0 N–H and O–H groups in total. The Bertz CT molecular complexity index is 215. The predicted molar refractivity (Wildman–Crippen MR) is 86.0 cm³/mol. The lowest BCUT2D eigenvalue weighted by atomic mass is 10.1. The van der Waals surface area contributed by atoms with Crippen LogP contribution in [0.15, 0.2) is 0 Å². The maximum absolute atomic E-state index is 11.8. The number of hydrogen-bond acceptors (Lipinski definition) is 2. The van der Waals surface area contributed by atoms with Gasteiger partial charge in [-0.25, -0.2) is 0 Å². The molecule has 0 aliphatic heterocycles. The summed E-state index contributed by atoms with van der Waals surface area (Å²) in [6, 6.07) is 0. The van der Waals surface area contributed by atoms with Crippen molar-refractivity contribution in [2.24, 2.45) is 0 Å². The predicted octanol–water partition coefficient (Wildman–Crippen LogP) is 4.40. The van der Waals surface area contributed by atoms with Gasteiger partial charge in [0, 0.05) is 33.2 Å². The van der Waals surface area contributed by atoms with Gasteiger partial charge in [0.2, 0.25) is 5.91 Å². The standard InChI is InChI=1S/C17H35NO2/c1-4-18(5-2)17(19)15-13-11-9-7-6-8-10-12-14-16-20-3/h4-16H2,1-3H3. The molecule has 0 rings (SSSR count). The molecule has 0 aromatic heterocycles. The zero-order valence-electron chi connectivity index (χ0n) is 14.0. The molecule has 120 valence electrons. The molecule has 0 fully saturated rings. The van der Waals surface area contributed by atoms with E-state index in [-0.39, 0.29) is 0 Å². The molecule has 0 aromatic carbocycles. The van der Waals surface area contributed by atoms with Crippen LogP contribution >= 0.6 is 0 Å². The van der Waals surface area contributed by atoms with Gasteiger partial charge in [0.15, 0.2) is 0 Å². The highest BCUT2D eigenvalue weighted by Gasteiger charge is 2.07. The quantitative estimate of drug-likeness (QED) is 0.443. The lowest BCUT2D eigenvalue weighted by Crippen LogP contribution is -2.30. The molecule has 20 heavy (non-hydrogen) atoms. The van der Waals surface area contributed by atoms with Crippen molar-refractivity contribution in [2.75, 3.05) is 26.8 Å². The fourth-order valence-electron chi connectivity index (χ4n) is 2.49. The molecule has 1 amide bonds. The highest BCUT2D eigenvalue weighted by atomic mass is 16.5. The number of amides is 1. The largest absolute Gasteiger partial charge is 0.385 e. The molecule has 0 saturated carbocycles. The molecular formula is C17H35NO2. The number of unbranched alkanes of at least 4 members (excludes halogenated alkanes) is 8. The minimum atomic E-state index is 0.327. The number of ether oxygens (including phenoxy) is 1. The Kier molecular flexibility index (Phi) is 14.4. The zero-order chi connectivity index (χ0) is 15.1. The molecule has 0 saturated heterocycles. The van der Waals surface area contributed by atoms with E-state index in [2.05, 4.69) is 0 Å². The van der Waals surface area contributed by atoms with Gasteiger partial charge in [-0.2, -0.15) is 0 Å². The molecule has 0 aromatic rings. The van der Waals surface area contributed by atoms with Crippen molar-refractivity contribution < 1.29 is 9.53 Å². The highest BCUT2D eigenvalue weighted by Crippen LogP contribution is 2.11. The van der Waals surface area contributed by atoms with E-state index in [0.29, 0.717) is 5.91 Å². The molecule has 0 aliphatic carbocycles. The van der Waals surface area contributed by atoms with Gasteiger partial charge in [-0.15, -0.1) is 0 Å². The lowest BCUT2D eigenvalue weighted by molar-refractivity contribution is -0.130. The Hall–Kier alpha value is -0.570. The summed E-state index contributed by atoms with van der Waals surface area (Å²) in [5, 5.41) is 0. The van der Waals surface area contributed by atoms with Gasteiger partial charge in [0.1, 0.15) is 0 Å². The Morgan fingerprint density at radius 3 is 1.70 bits per heavy atom. The second-order valence-corrected chi connectivity index (χ2v) is 5.49. The van der Waals surface area contributed by atoms with E-state index in [1.54, 1.807) is 7.11 Å². The minimum Gasteiger partial charge on any atom is -0.385 e. The van der Waals surface area contributed by atoms with Crippen molar-refractivity contribution in [3.63, 3.8) is 0 Å². The number of methoxy groups -OCH3 is 1. The summed E-state index contributed by atoms with van der Waals surface area (Å²) in [6.07, 6.45) is 12.1. The average Bonchev–Trinajstić information content (AvgIpc) is 2.46. The van der Waals surface area contributed by atoms with Crippen LogP contribution in [0.1, 0.15) is 78.1 Å². The Balaban J connectivity index is 3.22. The third-order valence-corrected chi connectivity index (χ3v) is 3.86. The monoisotopic (exact) mass is 285 g/mol. The molecular weight excluding hydrogens is 250 g/mol. The second-order valence-electron chi connectivity index (χ2n) is 5.49. The van der Waals surface area contributed by atoms with Gasteiger partial charge in [0.25, 0.3) is 0 Å². The lowest BCUT2D eigenvalue weighted by Gasteiger charge is -2.18. The summed E-state index contributed by atoms with van der Waals surface area (Å²) >= 11 is 0. The van der Waals surface area contributed by atoms with Gasteiger partial charge in [-0.3, -0.25) is 4.79 Å². The van der Waals surface area contributed by atoms with E-state index >= 15 is 0 Å². The van der Waals surface area contributed by atoms with Crippen LogP contribution in [0, 0.1) is 0 Å². The molecule has 0 heterocycles. The van der Waals surface area contributed by atoms with E-state index in [1.165, 1.54) is 51.4 Å². The van der Waals surface area contributed by atoms with Crippen molar-refractivity contribution in [1.82, 2.24) is 4.90 Å². The summed E-state index contributed by atoms with van der Waals surface area (Å²) < 4.78 is 5.04. The van der Waals surface area contributed by atoms with Gasteiger partial charge in [-0.05, 0) is 26.7 Å². The van der Waals surface area contributed by atoms with Crippen molar-refractivity contribution in [2.45, 2.75) is 78.1 Å². The summed E-state index contributed by atoms with van der Waals surface area (Å²) in [7, 11) is 1.77. The first-order chi connectivity index (χ1) is 9.76. The molecule has 0 aliphatic rings. The number of rotatable bonds is 14. The van der Waals surface area contributed by atoms with Crippen LogP contribution < -0.4 is 0 Å². The van der Waals surface area contributed by atoms with E-state index in [0.717, 1.165) is 32.5 Å². The summed E-state index contributed by atoms with van der Waals surface area (Å²) in [5.74, 6) is 0.327. The van der Waals surface area contributed by atoms with Crippen molar-refractivity contribution in [3.05, 3.63) is 0 Å². The molecule has 0 radical (unpaired) electrons. The fourth-order valence-corrected chi connectivity index (χ4v) is 2.49.